The van der Waals surface area contributed by atoms with Crippen LogP contribution in [-0.4, -0.2) is 10.4 Å². The summed E-state index contributed by atoms with van der Waals surface area (Å²) in [5, 5.41) is 27.0. The minimum Gasteiger partial charge on any atom is -0.456 e. The van der Waals surface area contributed by atoms with Gasteiger partial charge in [-0.15, -0.1) is 0 Å². The molecule has 2 unspecified atom stereocenters. The molecule has 0 spiro atoms. The molecule has 1 aromatic heterocycles. The minimum absolute atomic E-state index is 0.0759. The fourth-order valence-electron chi connectivity index (χ4n) is 2.35. The third-order valence-corrected chi connectivity index (χ3v) is 4.32. The highest BCUT2D eigenvalue weighted by molar-refractivity contribution is 8.15. The topological polar surface area (TPSA) is 111 Å². The van der Waals surface area contributed by atoms with Crippen LogP contribution in [-0.2, 0) is 0 Å². The molecule has 5 nitrogen and oxygen atoms in total. The molecule has 0 saturated heterocycles. The van der Waals surface area contributed by atoms with Crippen molar-refractivity contribution in [2.45, 2.75) is 5.37 Å². The number of nitrogens with one attached hydrogen (secondary N) is 1. The van der Waals surface area contributed by atoms with Crippen molar-refractivity contribution in [1.29, 1.82) is 15.9 Å². The van der Waals surface area contributed by atoms with E-state index in [0.717, 1.165) is 17.1 Å². The van der Waals surface area contributed by atoms with Gasteiger partial charge in [-0.05, 0) is 12.1 Å². The van der Waals surface area contributed by atoms with Gasteiger partial charge in [0, 0.05) is 11.0 Å². The quantitative estimate of drug-likeness (QED) is 0.840. The van der Waals surface area contributed by atoms with Crippen molar-refractivity contribution in [2.24, 2.45) is 11.7 Å². The molecule has 0 bridgehead atoms. The average molecular weight is 294 g/mol. The summed E-state index contributed by atoms with van der Waals surface area (Å²) in [7, 11) is 0. The first-order valence-electron chi connectivity index (χ1n) is 6.19. The smallest absolute Gasteiger partial charge is 0.134 e. The SMILES string of the molecule is N#CC1=C(c2cc3ccccc3o2)C(C#N)C(N)SC1=N. The van der Waals surface area contributed by atoms with Crippen molar-refractivity contribution < 1.29 is 4.42 Å². The molecule has 0 radical (unpaired) electrons. The van der Waals surface area contributed by atoms with Gasteiger partial charge in [0.15, 0.2) is 0 Å². The van der Waals surface area contributed by atoms with E-state index in [1.54, 1.807) is 6.07 Å². The maximum Gasteiger partial charge on any atom is 0.134 e. The average Bonchev–Trinajstić information content (AvgIpc) is 2.90. The Hall–Kier alpha value is -2.54. The number of nitriles is 2. The second-order valence-electron chi connectivity index (χ2n) is 4.57. The van der Waals surface area contributed by atoms with Crippen LogP contribution in [0.3, 0.4) is 0 Å². The lowest BCUT2D eigenvalue weighted by atomic mass is 9.92. The van der Waals surface area contributed by atoms with Gasteiger partial charge in [-0.2, -0.15) is 10.5 Å². The van der Waals surface area contributed by atoms with Crippen LogP contribution in [0.25, 0.3) is 16.5 Å². The number of para-hydroxylation sites is 1. The zero-order chi connectivity index (χ0) is 15.0. The van der Waals surface area contributed by atoms with Crippen LogP contribution in [0, 0.1) is 34.0 Å². The van der Waals surface area contributed by atoms with Gasteiger partial charge in [0.05, 0.1) is 17.0 Å². The van der Waals surface area contributed by atoms with Crippen LogP contribution in [0.1, 0.15) is 5.76 Å². The Labute approximate surface area is 125 Å². The Bertz CT molecular complexity index is 819. The number of rotatable bonds is 1. The molecular formula is C15H10N4OS. The molecule has 0 amide bonds. The zero-order valence-electron chi connectivity index (χ0n) is 10.8. The largest absolute Gasteiger partial charge is 0.456 e. The molecule has 0 fully saturated rings. The van der Waals surface area contributed by atoms with Gasteiger partial charge < -0.3 is 10.2 Å². The van der Waals surface area contributed by atoms with Crippen molar-refractivity contribution in [3.63, 3.8) is 0 Å². The number of fused-ring (bicyclic) bond motifs is 1. The first-order chi connectivity index (χ1) is 10.2. The molecule has 1 aliphatic rings. The molecule has 21 heavy (non-hydrogen) atoms. The number of benzene rings is 1. The van der Waals surface area contributed by atoms with Crippen molar-refractivity contribution >= 4 is 33.3 Å². The number of hydrogen-bond donors (Lipinski definition) is 2. The van der Waals surface area contributed by atoms with E-state index in [0.29, 0.717) is 16.9 Å². The van der Waals surface area contributed by atoms with Crippen molar-refractivity contribution in [2.75, 3.05) is 0 Å². The van der Waals surface area contributed by atoms with Gasteiger partial charge in [0.2, 0.25) is 0 Å². The predicted octanol–water partition coefficient (Wildman–Crippen LogP) is 2.86. The molecule has 1 aliphatic heterocycles. The zero-order valence-corrected chi connectivity index (χ0v) is 11.6. The van der Waals surface area contributed by atoms with Crippen LogP contribution >= 0.6 is 11.8 Å². The second kappa shape index (κ2) is 5.10. The molecule has 6 heteroatoms. The first kappa shape index (κ1) is 13.4. The Balaban J connectivity index is 2.27. The Morgan fingerprint density at radius 3 is 2.71 bits per heavy atom. The van der Waals surface area contributed by atoms with Gasteiger partial charge in [0.25, 0.3) is 0 Å². The van der Waals surface area contributed by atoms with Crippen molar-refractivity contribution in [3.8, 4) is 12.1 Å². The van der Waals surface area contributed by atoms with E-state index in [4.69, 9.17) is 15.6 Å². The summed E-state index contributed by atoms with van der Waals surface area (Å²) in [6.07, 6.45) is 0. The maximum absolute atomic E-state index is 9.37. The number of nitrogens with zero attached hydrogens (tertiary/aromatic N) is 2. The standard InChI is InChI=1S/C15H10N4OS/c16-6-9-13(10(7-17)15(19)21-14(9)18)12-5-8-3-1-2-4-11(8)20-12/h1-5,9,14,19H,18H2. The van der Waals surface area contributed by atoms with Crippen molar-refractivity contribution in [1.82, 2.24) is 0 Å². The fourth-order valence-corrected chi connectivity index (χ4v) is 3.22. The van der Waals surface area contributed by atoms with E-state index in [-0.39, 0.29) is 10.6 Å². The van der Waals surface area contributed by atoms with Crippen LogP contribution in [0.15, 0.2) is 40.3 Å². The Morgan fingerprint density at radius 1 is 1.29 bits per heavy atom. The van der Waals surface area contributed by atoms with E-state index in [2.05, 4.69) is 6.07 Å². The van der Waals surface area contributed by atoms with Crippen LogP contribution in [0.2, 0.25) is 0 Å². The Morgan fingerprint density at radius 2 is 2.05 bits per heavy atom. The highest BCUT2D eigenvalue weighted by Crippen LogP contribution is 2.40. The van der Waals surface area contributed by atoms with Crippen molar-refractivity contribution in [3.05, 3.63) is 41.7 Å². The predicted molar refractivity (Wildman–Crippen MR) is 81.1 cm³/mol. The molecule has 3 rings (SSSR count). The summed E-state index contributed by atoms with van der Waals surface area (Å²) in [6, 6.07) is 13.3. The molecule has 2 heterocycles. The Kier molecular flexibility index (Phi) is 3.26. The third-order valence-electron chi connectivity index (χ3n) is 3.33. The molecule has 102 valence electrons. The number of furan rings is 1. The number of thioether (sulfide) groups is 1. The van der Waals surface area contributed by atoms with Gasteiger partial charge in [0.1, 0.15) is 28.4 Å². The van der Waals surface area contributed by atoms with E-state index in [1.165, 1.54) is 0 Å². The lowest BCUT2D eigenvalue weighted by molar-refractivity contribution is 0.587. The highest BCUT2D eigenvalue weighted by atomic mass is 32.2. The molecule has 2 atom stereocenters. The first-order valence-corrected chi connectivity index (χ1v) is 7.07. The molecule has 0 aliphatic carbocycles. The molecule has 2 aromatic rings. The fraction of sp³-hybridized carbons (Fsp3) is 0.133. The monoisotopic (exact) mass is 294 g/mol. The summed E-state index contributed by atoms with van der Waals surface area (Å²) >= 11 is 1.03. The van der Waals surface area contributed by atoms with E-state index < -0.39 is 11.3 Å². The van der Waals surface area contributed by atoms with Gasteiger partial charge >= 0.3 is 0 Å². The summed E-state index contributed by atoms with van der Waals surface area (Å²) in [6.45, 7) is 0. The van der Waals surface area contributed by atoms with Gasteiger partial charge in [-0.3, -0.25) is 5.41 Å². The van der Waals surface area contributed by atoms with Gasteiger partial charge in [-0.25, -0.2) is 0 Å². The lowest BCUT2D eigenvalue weighted by Gasteiger charge is -2.25. The summed E-state index contributed by atoms with van der Waals surface area (Å²) in [4.78, 5) is 0. The number of nitrogens with two attached hydrogens (primary N) is 1. The van der Waals surface area contributed by atoms with E-state index >= 15 is 0 Å². The number of hydrogen-bond acceptors (Lipinski definition) is 6. The highest BCUT2D eigenvalue weighted by Gasteiger charge is 2.36. The molecule has 1 aromatic carbocycles. The summed E-state index contributed by atoms with van der Waals surface area (Å²) in [5.41, 5.74) is 7.18. The van der Waals surface area contributed by atoms with Crippen LogP contribution < -0.4 is 5.73 Å². The van der Waals surface area contributed by atoms with E-state index in [9.17, 15) is 10.5 Å². The summed E-state index contributed by atoms with van der Waals surface area (Å²) in [5.74, 6) is -0.251. The third kappa shape index (κ3) is 2.11. The van der Waals surface area contributed by atoms with Gasteiger partial charge in [-0.1, -0.05) is 30.0 Å². The minimum atomic E-state index is -0.681. The molecule has 0 saturated carbocycles. The summed E-state index contributed by atoms with van der Waals surface area (Å²) < 4.78 is 5.75. The second-order valence-corrected chi connectivity index (χ2v) is 5.76. The lowest BCUT2D eigenvalue weighted by Crippen LogP contribution is -2.32. The maximum atomic E-state index is 9.37. The normalized spacial score (nSPS) is 22.1. The van der Waals surface area contributed by atoms with E-state index in [1.807, 2.05) is 30.3 Å². The molecule has 3 N–H and O–H groups in total. The van der Waals surface area contributed by atoms with Crippen LogP contribution in [0.4, 0.5) is 0 Å². The van der Waals surface area contributed by atoms with Crippen LogP contribution in [0.5, 0.6) is 0 Å². The molecular weight excluding hydrogens is 284 g/mol.